The number of aryl methyl sites for hydroxylation is 1. The number of fused-ring (bicyclic) bond motifs is 1. The largest absolute Gasteiger partial charge is 0.487 e. The first-order valence-corrected chi connectivity index (χ1v) is 9.16. The van der Waals surface area contributed by atoms with Crippen LogP contribution in [0.25, 0.3) is 10.9 Å². The van der Waals surface area contributed by atoms with Gasteiger partial charge in [0.05, 0.1) is 18.3 Å². The van der Waals surface area contributed by atoms with E-state index in [0.29, 0.717) is 23.3 Å². The van der Waals surface area contributed by atoms with Crippen LogP contribution in [0.3, 0.4) is 0 Å². The van der Waals surface area contributed by atoms with E-state index in [-0.39, 0.29) is 0 Å². The third-order valence-corrected chi connectivity index (χ3v) is 4.94. The second-order valence-electron chi connectivity index (χ2n) is 6.24. The molecule has 0 amide bonds. The minimum absolute atomic E-state index is 0.324. The second-order valence-corrected chi connectivity index (χ2v) is 7.00. The molecule has 0 saturated heterocycles. The molecular weight excluding hydrogens is 383 g/mol. The van der Waals surface area contributed by atoms with Crippen molar-refractivity contribution in [2.24, 2.45) is 0 Å². The van der Waals surface area contributed by atoms with E-state index in [1.54, 1.807) is 4.68 Å². The summed E-state index contributed by atoms with van der Waals surface area (Å²) in [5.74, 6) is 0.744. The summed E-state index contributed by atoms with van der Waals surface area (Å²) in [6.45, 7) is 2.75. The highest BCUT2D eigenvalue weighted by Gasteiger charge is 2.08. The van der Waals surface area contributed by atoms with Gasteiger partial charge in [-0.1, -0.05) is 46.6 Å². The summed E-state index contributed by atoms with van der Waals surface area (Å²) in [5, 5.41) is 10.5. The Kier molecular flexibility index (Phi) is 4.97. The normalized spacial score (nSPS) is 11.1. The average Bonchev–Trinajstić information content (AvgIpc) is 3.11. The molecule has 0 atom stereocenters. The van der Waals surface area contributed by atoms with Crippen LogP contribution in [0.5, 0.6) is 5.75 Å². The van der Waals surface area contributed by atoms with Gasteiger partial charge >= 0.3 is 0 Å². The van der Waals surface area contributed by atoms with Crippen LogP contribution in [-0.2, 0) is 13.2 Å². The Hall–Kier alpha value is -2.63. The predicted molar refractivity (Wildman–Crippen MR) is 106 cm³/mol. The molecule has 0 aliphatic heterocycles. The molecule has 4 rings (SSSR count). The van der Waals surface area contributed by atoms with Gasteiger partial charge in [0, 0.05) is 16.0 Å². The highest BCUT2D eigenvalue weighted by atomic mass is 35.5. The minimum Gasteiger partial charge on any atom is -0.487 e. The number of benzene rings is 2. The first-order chi connectivity index (χ1) is 13.1. The van der Waals surface area contributed by atoms with Crippen molar-refractivity contribution in [3.63, 3.8) is 0 Å². The molecule has 5 nitrogen and oxygen atoms in total. The Labute approximate surface area is 166 Å². The summed E-state index contributed by atoms with van der Waals surface area (Å²) in [6, 6.07) is 15.4. The van der Waals surface area contributed by atoms with Crippen LogP contribution in [0.2, 0.25) is 10.2 Å². The summed E-state index contributed by atoms with van der Waals surface area (Å²) < 4.78 is 7.49. The van der Waals surface area contributed by atoms with Crippen molar-refractivity contribution < 1.29 is 4.74 Å². The van der Waals surface area contributed by atoms with Crippen molar-refractivity contribution in [2.75, 3.05) is 0 Å². The molecule has 2 aromatic heterocycles. The molecular formula is C20H16Cl2N4O. The fourth-order valence-electron chi connectivity index (χ4n) is 2.77. The Bertz CT molecular complexity index is 1110. The van der Waals surface area contributed by atoms with E-state index >= 15 is 0 Å². The lowest BCUT2D eigenvalue weighted by atomic mass is 10.1. The van der Waals surface area contributed by atoms with Gasteiger partial charge in [-0.2, -0.15) is 0 Å². The van der Waals surface area contributed by atoms with Gasteiger partial charge in [-0.25, -0.2) is 9.67 Å². The number of nitrogens with zero attached hydrogens (tertiary/aromatic N) is 4. The Morgan fingerprint density at radius 2 is 1.93 bits per heavy atom. The van der Waals surface area contributed by atoms with E-state index in [0.717, 1.165) is 33.5 Å². The number of hydrogen-bond acceptors (Lipinski definition) is 4. The Balaban J connectivity index is 1.46. The van der Waals surface area contributed by atoms with Crippen LogP contribution in [0.1, 0.15) is 16.8 Å². The zero-order valence-electron chi connectivity index (χ0n) is 14.6. The molecule has 0 radical (unpaired) electrons. The monoisotopic (exact) mass is 398 g/mol. The van der Waals surface area contributed by atoms with Crippen LogP contribution in [0, 0.1) is 6.92 Å². The predicted octanol–water partition coefficient (Wildman–Crippen LogP) is 5.07. The highest BCUT2D eigenvalue weighted by molar-refractivity contribution is 6.31. The zero-order chi connectivity index (χ0) is 18.8. The van der Waals surface area contributed by atoms with Crippen LogP contribution < -0.4 is 4.74 Å². The standard InChI is InChI=1S/C20H16Cl2N4O/c1-13-8-17(6-7-18(13)21)27-12-16-11-26(25-24-16)10-15-9-14-4-2-3-5-19(14)23-20(15)22/h2-9,11H,10,12H2,1H3. The van der Waals surface area contributed by atoms with Crippen LogP contribution in [-0.4, -0.2) is 20.0 Å². The van der Waals surface area contributed by atoms with Gasteiger partial charge in [-0.05, 0) is 42.8 Å². The number of ether oxygens (including phenoxy) is 1. The fraction of sp³-hybridized carbons (Fsp3) is 0.150. The zero-order valence-corrected chi connectivity index (χ0v) is 16.1. The maximum absolute atomic E-state index is 6.32. The third-order valence-electron chi connectivity index (χ3n) is 4.18. The molecule has 2 aromatic carbocycles. The van der Waals surface area contributed by atoms with E-state index in [1.807, 2.05) is 61.7 Å². The quantitative estimate of drug-likeness (QED) is 0.440. The first kappa shape index (κ1) is 17.8. The van der Waals surface area contributed by atoms with Crippen molar-refractivity contribution in [3.8, 4) is 5.75 Å². The van der Waals surface area contributed by atoms with E-state index in [9.17, 15) is 0 Å². The van der Waals surface area contributed by atoms with Gasteiger partial charge in [0.2, 0.25) is 0 Å². The lowest BCUT2D eigenvalue weighted by Crippen LogP contribution is -2.02. The number of halogens is 2. The van der Waals surface area contributed by atoms with E-state index in [1.165, 1.54) is 0 Å². The Morgan fingerprint density at radius 1 is 1.07 bits per heavy atom. The van der Waals surface area contributed by atoms with Crippen LogP contribution >= 0.6 is 23.2 Å². The van der Waals surface area contributed by atoms with E-state index in [4.69, 9.17) is 27.9 Å². The molecule has 2 heterocycles. The van der Waals surface area contributed by atoms with Gasteiger partial charge in [0.1, 0.15) is 23.2 Å². The molecule has 0 aliphatic rings. The molecule has 27 heavy (non-hydrogen) atoms. The molecule has 0 fully saturated rings. The Morgan fingerprint density at radius 3 is 2.78 bits per heavy atom. The van der Waals surface area contributed by atoms with Crippen LogP contribution in [0.4, 0.5) is 0 Å². The lowest BCUT2D eigenvalue weighted by Gasteiger charge is -2.06. The fourth-order valence-corrected chi connectivity index (χ4v) is 3.09. The van der Waals surface area contributed by atoms with Gasteiger partial charge in [0.25, 0.3) is 0 Å². The van der Waals surface area contributed by atoms with E-state index < -0.39 is 0 Å². The van der Waals surface area contributed by atoms with Crippen molar-refractivity contribution in [1.82, 2.24) is 20.0 Å². The topological polar surface area (TPSA) is 52.8 Å². The molecule has 0 spiro atoms. The first-order valence-electron chi connectivity index (χ1n) is 8.40. The molecule has 0 N–H and O–H groups in total. The second kappa shape index (κ2) is 7.55. The summed E-state index contributed by atoms with van der Waals surface area (Å²) >= 11 is 12.4. The molecule has 0 bridgehead atoms. The SMILES string of the molecule is Cc1cc(OCc2cn(Cc3cc4ccccc4nc3Cl)nn2)ccc1Cl. The number of hydrogen-bond donors (Lipinski definition) is 0. The third kappa shape index (κ3) is 4.04. The van der Waals surface area contributed by atoms with Crippen molar-refractivity contribution in [3.05, 3.63) is 81.7 Å². The molecule has 0 aliphatic carbocycles. The van der Waals surface area contributed by atoms with Crippen LogP contribution in [0.15, 0.2) is 54.7 Å². The number of aromatic nitrogens is 4. The smallest absolute Gasteiger partial charge is 0.134 e. The summed E-state index contributed by atoms with van der Waals surface area (Å²) in [5.41, 5.74) is 3.46. The molecule has 4 aromatic rings. The van der Waals surface area contributed by atoms with Crippen molar-refractivity contribution in [2.45, 2.75) is 20.1 Å². The maximum Gasteiger partial charge on any atom is 0.134 e. The molecule has 7 heteroatoms. The van der Waals surface area contributed by atoms with Gasteiger partial charge < -0.3 is 4.74 Å². The molecule has 136 valence electrons. The summed E-state index contributed by atoms with van der Waals surface area (Å²) in [4.78, 5) is 4.44. The molecule has 0 unspecified atom stereocenters. The lowest BCUT2D eigenvalue weighted by molar-refractivity contribution is 0.301. The number of rotatable bonds is 5. The minimum atomic E-state index is 0.324. The van der Waals surface area contributed by atoms with Gasteiger partial charge in [-0.15, -0.1) is 5.10 Å². The van der Waals surface area contributed by atoms with E-state index in [2.05, 4.69) is 15.3 Å². The highest BCUT2D eigenvalue weighted by Crippen LogP contribution is 2.22. The summed E-state index contributed by atoms with van der Waals surface area (Å²) in [6.07, 6.45) is 1.84. The van der Waals surface area contributed by atoms with Gasteiger partial charge in [0.15, 0.2) is 0 Å². The number of pyridine rings is 1. The summed E-state index contributed by atoms with van der Waals surface area (Å²) in [7, 11) is 0. The molecule has 0 saturated carbocycles. The number of para-hydroxylation sites is 1. The van der Waals surface area contributed by atoms with Crippen molar-refractivity contribution in [1.29, 1.82) is 0 Å². The van der Waals surface area contributed by atoms with Gasteiger partial charge in [-0.3, -0.25) is 0 Å². The average molecular weight is 399 g/mol. The van der Waals surface area contributed by atoms with Crippen molar-refractivity contribution >= 4 is 34.1 Å². The maximum atomic E-state index is 6.32.